The van der Waals surface area contributed by atoms with E-state index < -0.39 is 9.05 Å². The standard InChI is InChI=1S/C7H2BrCl2NO2S/c8-5-2-6(9)7(14(10,12)13)1-4(5)3-11/h1-2H. The van der Waals surface area contributed by atoms with Crippen LogP contribution in [0, 0.1) is 11.3 Å². The van der Waals surface area contributed by atoms with E-state index in [1.165, 1.54) is 6.07 Å². The topological polar surface area (TPSA) is 57.9 Å². The van der Waals surface area contributed by atoms with Crippen molar-refractivity contribution in [1.29, 1.82) is 5.26 Å². The average Bonchev–Trinajstić information content (AvgIpc) is 2.02. The zero-order valence-corrected chi connectivity index (χ0v) is 10.4. The molecule has 7 heteroatoms. The Bertz CT molecular complexity index is 521. The second-order valence-electron chi connectivity index (χ2n) is 2.31. The molecular weight excluding hydrogens is 313 g/mol. The summed E-state index contributed by atoms with van der Waals surface area (Å²) in [5, 5.41) is 8.62. The summed E-state index contributed by atoms with van der Waals surface area (Å²) in [4.78, 5) is -0.263. The molecule has 14 heavy (non-hydrogen) atoms. The highest BCUT2D eigenvalue weighted by atomic mass is 79.9. The maximum Gasteiger partial charge on any atom is 0.262 e. The summed E-state index contributed by atoms with van der Waals surface area (Å²) in [6.07, 6.45) is 0. The van der Waals surface area contributed by atoms with Gasteiger partial charge in [0.25, 0.3) is 9.05 Å². The molecule has 3 nitrogen and oxygen atoms in total. The molecule has 0 aliphatic rings. The lowest BCUT2D eigenvalue weighted by atomic mass is 10.2. The second-order valence-corrected chi connectivity index (χ2v) is 6.11. The molecule has 0 N–H and O–H groups in total. The zero-order chi connectivity index (χ0) is 10.9. The molecule has 74 valence electrons. The van der Waals surface area contributed by atoms with Gasteiger partial charge in [-0.15, -0.1) is 0 Å². The Morgan fingerprint density at radius 1 is 1.43 bits per heavy atom. The fourth-order valence-electron chi connectivity index (χ4n) is 0.802. The first-order valence-corrected chi connectivity index (χ1v) is 6.68. The first kappa shape index (κ1) is 11.8. The molecule has 0 unspecified atom stereocenters. The van der Waals surface area contributed by atoms with E-state index in [1.807, 2.05) is 0 Å². The Kier molecular flexibility index (Phi) is 3.43. The molecule has 0 fully saturated rings. The quantitative estimate of drug-likeness (QED) is 0.749. The minimum atomic E-state index is -3.91. The van der Waals surface area contributed by atoms with Gasteiger partial charge in [0.1, 0.15) is 11.0 Å². The van der Waals surface area contributed by atoms with Gasteiger partial charge in [-0.1, -0.05) is 11.6 Å². The van der Waals surface area contributed by atoms with Crippen LogP contribution in [0.2, 0.25) is 5.02 Å². The lowest BCUT2D eigenvalue weighted by Gasteiger charge is -2.02. The fourth-order valence-corrected chi connectivity index (χ4v) is 2.89. The monoisotopic (exact) mass is 313 g/mol. The van der Waals surface area contributed by atoms with E-state index in [9.17, 15) is 8.42 Å². The summed E-state index contributed by atoms with van der Waals surface area (Å²) in [6, 6.07) is 4.24. The number of nitrogens with zero attached hydrogens (tertiary/aromatic N) is 1. The van der Waals surface area contributed by atoms with Crippen LogP contribution < -0.4 is 0 Å². The van der Waals surface area contributed by atoms with E-state index in [-0.39, 0.29) is 15.5 Å². The minimum Gasteiger partial charge on any atom is -0.207 e. The van der Waals surface area contributed by atoms with Gasteiger partial charge < -0.3 is 0 Å². The van der Waals surface area contributed by atoms with Gasteiger partial charge in [-0.2, -0.15) is 5.26 Å². The Labute approximate surface area is 98.8 Å². The summed E-state index contributed by atoms with van der Waals surface area (Å²) < 4.78 is 22.4. The van der Waals surface area contributed by atoms with Crippen molar-refractivity contribution >= 4 is 47.3 Å². The molecule has 0 atom stereocenters. The van der Waals surface area contributed by atoms with Crippen molar-refractivity contribution in [2.45, 2.75) is 4.90 Å². The fraction of sp³-hybridized carbons (Fsp3) is 0. The predicted octanol–water partition coefficient (Wildman–Crippen LogP) is 2.90. The second kappa shape index (κ2) is 4.07. The number of nitriles is 1. The summed E-state index contributed by atoms with van der Waals surface area (Å²) >= 11 is 8.70. The van der Waals surface area contributed by atoms with Crippen LogP contribution in [0.15, 0.2) is 21.5 Å². The van der Waals surface area contributed by atoms with Crippen molar-refractivity contribution in [1.82, 2.24) is 0 Å². The predicted molar refractivity (Wildman–Crippen MR) is 56.9 cm³/mol. The molecular formula is C7H2BrCl2NO2S. The Morgan fingerprint density at radius 2 is 2.00 bits per heavy atom. The lowest BCUT2D eigenvalue weighted by Crippen LogP contribution is -1.93. The molecule has 1 rings (SSSR count). The summed E-state index contributed by atoms with van der Waals surface area (Å²) in [7, 11) is 1.19. The van der Waals surface area contributed by atoms with E-state index in [1.54, 1.807) is 6.07 Å². The third-order valence-corrected chi connectivity index (χ3v) is 3.85. The normalized spacial score (nSPS) is 11.0. The Hall–Kier alpha value is -0.280. The Morgan fingerprint density at radius 3 is 2.43 bits per heavy atom. The van der Waals surface area contributed by atoms with Crippen LogP contribution in [0.1, 0.15) is 5.56 Å². The Balaban J connectivity index is 3.58. The molecule has 0 saturated heterocycles. The van der Waals surface area contributed by atoms with Gasteiger partial charge in [0.15, 0.2) is 0 Å². The molecule has 0 aliphatic carbocycles. The van der Waals surface area contributed by atoms with Crippen molar-refractivity contribution in [2.75, 3.05) is 0 Å². The SMILES string of the molecule is N#Cc1cc(S(=O)(=O)Cl)c(Cl)cc1Br. The van der Waals surface area contributed by atoms with Gasteiger partial charge in [-0.3, -0.25) is 0 Å². The molecule has 0 bridgehead atoms. The van der Waals surface area contributed by atoms with Crippen LogP contribution in [0.5, 0.6) is 0 Å². The van der Waals surface area contributed by atoms with E-state index in [0.29, 0.717) is 4.47 Å². The molecule has 0 saturated carbocycles. The van der Waals surface area contributed by atoms with Gasteiger partial charge in [0.05, 0.1) is 10.6 Å². The number of rotatable bonds is 1. The van der Waals surface area contributed by atoms with Crippen molar-refractivity contribution in [3.63, 3.8) is 0 Å². The zero-order valence-electron chi connectivity index (χ0n) is 6.46. The lowest BCUT2D eigenvalue weighted by molar-refractivity contribution is 0.609. The third-order valence-electron chi connectivity index (χ3n) is 1.40. The van der Waals surface area contributed by atoms with E-state index >= 15 is 0 Å². The van der Waals surface area contributed by atoms with Crippen LogP contribution in [0.25, 0.3) is 0 Å². The van der Waals surface area contributed by atoms with Crippen LogP contribution in [-0.2, 0) is 9.05 Å². The molecule has 1 aromatic carbocycles. The molecule has 0 spiro atoms. The third kappa shape index (κ3) is 2.39. The number of halogens is 3. The smallest absolute Gasteiger partial charge is 0.207 e. The van der Waals surface area contributed by atoms with Crippen LogP contribution in [-0.4, -0.2) is 8.42 Å². The van der Waals surface area contributed by atoms with E-state index in [0.717, 1.165) is 6.07 Å². The van der Waals surface area contributed by atoms with Gasteiger partial charge in [0.2, 0.25) is 0 Å². The number of hydrogen-bond acceptors (Lipinski definition) is 3. The van der Waals surface area contributed by atoms with Crippen molar-refractivity contribution in [3.8, 4) is 6.07 Å². The highest BCUT2D eigenvalue weighted by Crippen LogP contribution is 2.30. The van der Waals surface area contributed by atoms with Crippen molar-refractivity contribution in [2.24, 2.45) is 0 Å². The van der Waals surface area contributed by atoms with Crippen LogP contribution >= 0.6 is 38.2 Å². The first-order valence-electron chi connectivity index (χ1n) is 3.20. The first-order chi connectivity index (χ1) is 6.36. The van der Waals surface area contributed by atoms with Crippen LogP contribution in [0.4, 0.5) is 0 Å². The van der Waals surface area contributed by atoms with Gasteiger partial charge in [0, 0.05) is 15.2 Å². The minimum absolute atomic E-state index is 0.0223. The summed E-state index contributed by atoms with van der Waals surface area (Å²) in [6.45, 7) is 0. The highest BCUT2D eigenvalue weighted by molar-refractivity contribution is 9.10. The molecule has 0 radical (unpaired) electrons. The maximum atomic E-state index is 11.0. The molecule has 0 aromatic heterocycles. The van der Waals surface area contributed by atoms with Gasteiger partial charge >= 0.3 is 0 Å². The number of benzene rings is 1. The van der Waals surface area contributed by atoms with E-state index in [4.69, 9.17) is 27.5 Å². The number of hydrogen-bond donors (Lipinski definition) is 0. The van der Waals surface area contributed by atoms with Crippen molar-refractivity contribution < 1.29 is 8.42 Å². The molecule has 0 amide bonds. The largest absolute Gasteiger partial charge is 0.262 e. The van der Waals surface area contributed by atoms with Crippen LogP contribution in [0.3, 0.4) is 0 Å². The maximum absolute atomic E-state index is 11.0. The summed E-state index contributed by atoms with van der Waals surface area (Å²) in [5.74, 6) is 0. The molecule has 0 heterocycles. The molecule has 0 aliphatic heterocycles. The van der Waals surface area contributed by atoms with Gasteiger partial charge in [-0.05, 0) is 28.1 Å². The van der Waals surface area contributed by atoms with E-state index in [2.05, 4.69) is 15.9 Å². The molecule has 1 aromatic rings. The summed E-state index contributed by atoms with van der Waals surface area (Å²) in [5.41, 5.74) is 0.161. The van der Waals surface area contributed by atoms with Gasteiger partial charge in [-0.25, -0.2) is 8.42 Å². The van der Waals surface area contributed by atoms with Crippen molar-refractivity contribution in [3.05, 3.63) is 27.2 Å². The highest BCUT2D eigenvalue weighted by Gasteiger charge is 2.17. The average molecular weight is 315 g/mol.